The molecule has 1 rings (SSSR count). The Morgan fingerprint density at radius 2 is 2.27 bits per heavy atom. The molecular weight excluding hydrogens is 228 g/mol. The number of carbonyl (C=O) groups excluding carboxylic acids is 1. The lowest BCUT2D eigenvalue weighted by Crippen LogP contribution is -2.06. The van der Waals surface area contributed by atoms with E-state index in [4.69, 9.17) is 22.6 Å². The van der Waals surface area contributed by atoms with Crippen molar-refractivity contribution in [3.8, 4) is 6.07 Å². The SMILES string of the molecule is N#Cc1c(N)cc(C(=O)Cl)nc1C(F)F. The van der Waals surface area contributed by atoms with E-state index in [0.717, 1.165) is 6.07 Å². The molecule has 0 aromatic carbocycles. The molecule has 0 saturated heterocycles. The van der Waals surface area contributed by atoms with Gasteiger partial charge in [0.1, 0.15) is 23.0 Å². The molecule has 1 aromatic heterocycles. The van der Waals surface area contributed by atoms with Gasteiger partial charge >= 0.3 is 0 Å². The number of pyridine rings is 1. The standard InChI is InChI=1S/C8H4ClF2N3O/c9-7(15)5-1-4(13)3(2-12)6(14-5)8(10)11/h1,8H,(H2,13,14). The minimum atomic E-state index is -2.99. The Labute approximate surface area is 88.3 Å². The van der Waals surface area contributed by atoms with Crippen LogP contribution in [0.3, 0.4) is 0 Å². The van der Waals surface area contributed by atoms with Crippen molar-refractivity contribution in [1.29, 1.82) is 5.26 Å². The van der Waals surface area contributed by atoms with Crippen molar-refractivity contribution >= 4 is 22.5 Å². The fourth-order valence-corrected chi connectivity index (χ4v) is 1.06. The summed E-state index contributed by atoms with van der Waals surface area (Å²) in [5, 5.41) is 7.55. The maximum atomic E-state index is 12.4. The third-order valence-corrected chi connectivity index (χ3v) is 1.79. The second-order valence-electron chi connectivity index (χ2n) is 2.54. The van der Waals surface area contributed by atoms with Crippen LogP contribution < -0.4 is 5.73 Å². The Morgan fingerprint density at radius 3 is 2.67 bits per heavy atom. The largest absolute Gasteiger partial charge is 0.398 e. The van der Waals surface area contributed by atoms with Gasteiger partial charge in [0.2, 0.25) is 0 Å². The summed E-state index contributed by atoms with van der Waals surface area (Å²) in [6, 6.07) is 2.48. The van der Waals surface area contributed by atoms with E-state index >= 15 is 0 Å². The van der Waals surface area contributed by atoms with Crippen molar-refractivity contribution in [2.45, 2.75) is 6.43 Å². The highest BCUT2D eigenvalue weighted by Crippen LogP contribution is 2.25. The lowest BCUT2D eigenvalue weighted by Gasteiger charge is -2.05. The second kappa shape index (κ2) is 4.19. The van der Waals surface area contributed by atoms with Crippen LogP contribution in [0.1, 0.15) is 28.2 Å². The molecule has 0 unspecified atom stereocenters. The highest BCUT2D eigenvalue weighted by Gasteiger charge is 2.20. The average molecular weight is 232 g/mol. The van der Waals surface area contributed by atoms with Crippen LogP contribution in [-0.4, -0.2) is 10.2 Å². The van der Waals surface area contributed by atoms with Gasteiger partial charge in [0, 0.05) is 0 Å². The molecule has 2 N–H and O–H groups in total. The van der Waals surface area contributed by atoms with Crippen LogP contribution in [0.5, 0.6) is 0 Å². The van der Waals surface area contributed by atoms with E-state index < -0.39 is 28.6 Å². The molecule has 0 saturated carbocycles. The normalized spacial score (nSPS) is 10.1. The lowest BCUT2D eigenvalue weighted by molar-refractivity contribution is 0.107. The first-order valence-corrected chi connectivity index (χ1v) is 4.03. The number of hydrogen-bond acceptors (Lipinski definition) is 4. The van der Waals surface area contributed by atoms with Crippen LogP contribution in [0.4, 0.5) is 14.5 Å². The monoisotopic (exact) mass is 231 g/mol. The van der Waals surface area contributed by atoms with Crippen LogP contribution in [0.2, 0.25) is 0 Å². The molecule has 1 aromatic rings. The fourth-order valence-electron chi connectivity index (χ4n) is 0.966. The van der Waals surface area contributed by atoms with Crippen LogP contribution in [0.15, 0.2) is 6.07 Å². The molecule has 0 atom stereocenters. The van der Waals surface area contributed by atoms with Gasteiger partial charge in [-0.1, -0.05) is 0 Å². The van der Waals surface area contributed by atoms with Crippen molar-refractivity contribution < 1.29 is 13.6 Å². The molecule has 0 amide bonds. The zero-order valence-corrected chi connectivity index (χ0v) is 7.92. The number of nitrogen functional groups attached to an aromatic ring is 1. The van der Waals surface area contributed by atoms with E-state index in [1.807, 2.05) is 0 Å². The van der Waals surface area contributed by atoms with E-state index in [0.29, 0.717) is 0 Å². The summed E-state index contributed by atoms with van der Waals surface area (Å²) in [6.45, 7) is 0. The van der Waals surface area contributed by atoms with E-state index in [1.165, 1.54) is 6.07 Å². The molecule has 0 fully saturated rings. The Balaban J connectivity index is 3.47. The van der Waals surface area contributed by atoms with Crippen LogP contribution in [0.25, 0.3) is 0 Å². The van der Waals surface area contributed by atoms with Gasteiger partial charge in [-0.25, -0.2) is 13.8 Å². The van der Waals surface area contributed by atoms with Crippen molar-refractivity contribution in [2.75, 3.05) is 5.73 Å². The van der Waals surface area contributed by atoms with Crippen molar-refractivity contribution in [3.63, 3.8) is 0 Å². The molecule has 0 bridgehead atoms. The predicted octanol–water partition coefficient (Wildman–Crippen LogP) is 1.85. The quantitative estimate of drug-likeness (QED) is 0.788. The van der Waals surface area contributed by atoms with Gasteiger partial charge in [-0.05, 0) is 17.7 Å². The fraction of sp³-hybridized carbons (Fsp3) is 0.125. The molecule has 4 nitrogen and oxygen atoms in total. The van der Waals surface area contributed by atoms with Gasteiger partial charge in [-0.15, -0.1) is 0 Å². The molecule has 0 spiro atoms. The maximum absolute atomic E-state index is 12.4. The van der Waals surface area contributed by atoms with Gasteiger partial charge in [-0.3, -0.25) is 4.79 Å². The average Bonchev–Trinajstić information content (AvgIpc) is 2.16. The summed E-state index contributed by atoms with van der Waals surface area (Å²) in [6.07, 6.45) is -2.99. The maximum Gasteiger partial charge on any atom is 0.281 e. The summed E-state index contributed by atoms with van der Waals surface area (Å²) in [5.74, 6) is 0. The number of hydrogen-bond donors (Lipinski definition) is 1. The first-order valence-electron chi connectivity index (χ1n) is 3.66. The Hall–Kier alpha value is -1.74. The predicted molar refractivity (Wildman–Crippen MR) is 48.5 cm³/mol. The van der Waals surface area contributed by atoms with Crippen molar-refractivity contribution in [1.82, 2.24) is 4.98 Å². The molecule has 0 aliphatic carbocycles. The van der Waals surface area contributed by atoms with Gasteiger partial charge in [-0.2, -0.15) is 5.26 Å². The van der Waals surface area contributed by atoms with Gasteiger partial charge in [0.25, 0.3) is 11.7 Å². The van der Waals surface area contributed by atoms with E-state index in [2.05, 4.69) is 4.98 Å². The Kier molecular flexibility index (Phi) is 3.17. The number of anilines is 1. The summed E-state index contributed by atoms with van der Waals surface area (Å²) >= 11 is 5.06. The third kappa shape index (κ3) is 2.19. The minimum Gasteiger partial charge on any atom is -0.398 e. The third-order valence-electron chi connectivity index (χ3n) is 1.60. The topological polar surface area (TPSA) is 79.8 Å². The minimum absolute atomic E-state index is 0.244. The van der Waals surface area contributed by atoms with E-state index in [-0.39, 0.29) is 5.69 Å². The number of nitrogens with zero attached hydrogens (tertiary/aromatic N) is 2. The number of nitrogens with two attached hydrogens (primary N) is 1. The van der Waals surface area contributed by atoms with Gasteiger partial charge < -0.3 is 5.73 Å². The highest BCUT2D eigenvalue weighted by molar-refractivity contribution is 6.67. The number of carbonyl (C=O) groups is 1. The zero-order valence-electron chi connectivity index (χ0n) is 7.17. The molecule has 15 heavy (non-hydrogen) atoms. The molecule has 0 radical (unpaired) electrons. The molecular formula is C8H4ClF2N3O. The van der Waals surface area contributed by atoms with Crippen molar-refractivity contribution in [2.24, 2.45) is 0 Å². The number of nitriles is 1. The summed E-state index contributed by atoms with van der Waals surface area (Å²) in [7, 11) is 0. The van der Waals surface area contributed by atoms with E-state index in [1.54, 1.807) is 0 Å². The molecule has 0 aliphatic heterocycles. The van der Waals surface area contributed by atoms with Gasteiger partial charge in [0.05, 0.1) is 5.69 Å². The van der Waals surface area contributed by atoms with E-state index in [9.17, 15) is 13.6 Å². The second-order valence-corrected chi connectivity index (χ2v) is 2.89. The summed E-state index contributed by atoms with van der Waals surface area (Å²) in [5.41, 5.74) is 3.39. The van der Waals surface area contributed by atoms with Gasteiger partial charge in [0.15, 0.2) is 0 Å². The molecule has 0 aliphatic rings. The number of alkyl halides is 2. The molecule has 7 heteroatoms. The molecule has 1 heterocycles. The number of rotatable bonds is 2. The smallest absolute Gasteiger partial charge is 0.281 e. The first-order chi connectivity index (χ1) is 6.97. The Morgan fingerprint density at radius 1 is 1.67 bits per heavy atom. The zero-order chi connectivity index (χ0) is 11.6. The number of aromatic nitrogens is 1. The first kappa shape index (κ1) is 11.3. The molecule has 78 valence electrons. The lowest BCUT2D eigenvalue weighted by atomic mass is 10.1. The summed E-state index contributed by atoms with van der Waals surface area (Å²) < 4.78 is 24.8. The Bertz CT molecular complexity index is 456. The van der Waals surface area contributed by atoms with Crippen molar-refractivity contribution in [3.05, 3.63) is 23.0 Å². The highest BCUT2D eigenvalue weighted by atomic mass is 35.5. The number of halogens is 3. The van der Waals surface area contributed by atoms with Crippen LogP contribution in [-0.2, 0) is 0 Å². The van der Waals surface area contributed by atoms with Crippen LogP contribution >= 0.6 is 11.6 Å². The van der Waals surface area contributed by atoms with Crippen LogP contribution in [0, 0.1) is 11.3 Å². The summed E-state index contributed by atoms with van der Waals surface area (Å²) in [4.78, 5) is 14.0.